The van der Waals surface area contributed by atoms with Crippen LogP contribution in [0.1, 0.15) is 43.0 Å². The van der Waals surface area contributed by atoms with Gasteiger partial charge in [0.05, 0.1) is 19.2 Å². The number of carbonyl (C=O) groups excluding carboxylic acids is 1. The van der Waals surface area contributed by atoms with Crippen LogP contribution < -0.4 is 5.32 Å². The highest BCUT2D eigenvalue weighted by Gasteiger charge is 2.28. The molecule has 0 radical (unpaired) electrons. The van der Waals surface area contributed by atoms with E-state index in [0.29, 0.717) is 13.1 Å². The lowest BCUT2D eigenvalue weighted by molar-refractivity contribution is -0.124. The van der Waals surface area contributed by atoms with Crippen molar-refractivity contribution in [1.82, 2.24) is 10.2 Å². The Hall–Kier alpha value is -0.910. The number of hydrogen-bond donors (Lipinski definition) is 2. The van der Waals surface area contributed by atoms with Gasteiger partial charge in [-0.2, -0.15) is 0 Å². The van der Waals surface area contributed by atoms with Gasteiger partial charge in [-0.1, -0.05) is 13.3 Å². The fourth-order valence-electron chi connectivity index (χ4n) is 2.93. The summed E-state index contributed by atoms with van der Waals surface area (Å²) in [4.78, 5) is 15.5. The third-order valence-corrected chi connectivity index (χ3v) is 5.31. The van der Waals surface area contributed by atoms with E-state index in [0.717, 1.165) is 32.2 Å². The van der Waals surface area contributed by atoms with E-state index >= 15 is 0 Å². The van der Waals surface area contributed by atoms with Crippen molar-refractivity contribution in [3.05, 3.63) is 21.9 Å². The number of carbonyl (C=O) groups is 1. The van der Waals surface area contributed by atoms with Crippen LogP contribution in [0, 0.1) is 6.92 Å². The maximum absolute atomic E-state index is 12.1. The zero-order chi connectivity index (χ0) is 15.2. The summed E-state index contributed by atoms with van der Waals surface area (Å²) in [7, 11) is 0. The van der Waals surface area contributed by atoms with Gasteiger partial charge in [0.1, 0.15) is 0 Å². The first kappa shape index (κ1) is 16.5. The molecule has 0 saturated carbocycles. The normalized spacial score (nSPS) is 21.2. The number of aryl methyl sites for hydroxylation is 1. The monoisotopic (exact) mass is 310 g/mol. The number of aliphatic hydroxyl groups is 1. The third-order valence-electron chi connectivity index (χ3n) is 4.29. The van der Waals surface area contributed by atoms with Gasteiger partial charge in [0.15, 0.2) is 0 Å². The van der Waals surface area contributed by atoms with Crippen LogP contribution in [-0.4, -0.2) is 41.1 Å². The summed E-state index contributed by atoms with van der Waals surface area (Å²) in [6.07, 6.45) is 3.68. The van der Waals surface area contributed by atoms with Crippen LogP contribution >= 0.6 is 11.3 Å². The molecule has 1 aromatic rings. The van der Waals surface area contributed by atoms with Crippen molar-refractivity contribution in [1.29, 1.82) is 0 Å². The van der Waals surface area contributed by atoms with Crippen LogP contribution in [0.4, 0.5) is 0 Å². The molecule has 0 spiro atoms. The topological polar surface area (TPSA) is 52.6 Å². The highest BCUT2D eigenvalue weighted by molar-refractivity contribution is 7.10. The van der Waals surface area contributed by atoms with Gasteiger partial charge >= 0.3 is 0 Å². The lowest BCUT2D eigenvalue weighted by Gasteiger charge is -2.37. The summed E-state index contributed by atoms with van der Waals surface area (Å²) in [5.74, 6) is 0.0537. The number of amides is 1. The van der Waals surface area contributed by atoms with Crippen LogP contribution in [0.15, 0.2) is 11.4 Å². The minimum absolute atomic E-state index is 0.0537. The number of nitrogens with one attached hydrogen (secondary N) is 1. The molecule has 2 heterocycles. The summed E-state index contributed by atoms with van der Waals surface area (Å²) in [5, 5.41) is 15.2. The molecule has 2 N–H and O–H groups in total. The van der Waals surface area contributed by atoms with E-state index in [4.69, 9.17) is 0 Å². The predicted molar refractivity (Wildman–Crippen MR) is 86.4 cm³/mol. The molecule has 2 unspecified atom stereocenters. The lowest BCUT2D eigenvalue weighted by Crippen LogP contribution is -2.50. The number of hydrogen-bond acceptors (Lipinski definition) is 4. The molecule has 2 atom stereocenters. The van der Waals surface area contributed by atoms with Crippen molar-refractivity contribution in [3.8, 4) is 0 Å². The van der Waals surface area contributed by atoms with E-state index in [-0.39, 0.29) is 18.1 Å². The predicted octanol–water partition coefficient (Wildman–Crippen LogP) is 2.30. The first-order valence-corrected chi connectivity index (χ1v) is 8.71. The summed E-state index contributed by atoms with van der Waals surface area (Å²) in [6.45, 7) is 5.98. The Balaban J connectivity index is 1.84. The van der Waals surface area contributed by atoms with Crippen molar-refractivity contribution in [2.24, 2.45) is 0 Å². The second-order valence-corrected chi connectivity index (χ2v) is 6.81. The van der Waals surface area contributed by atoms with Crippen molar-refractivity contribution >= 4 is 17.2 Å². The zero-order valence-electron chi connectivity index (χ0n) is 13.0. The maximum Gasteiger partial charge on any atom is 0.234 e. The fourth-order valence-corrected chi connectivity index (χ4v) is 3.77. The molecule has 1 aliphatic heterocycles. The molecular weight excluding hydrogens is 284 g/mol. The number of nitrogens with zero attached hydrogens (tertiary/aromatic N) is 1. The minimum Gasteiger partial charge on any atom is -0.392 e. The quantitative estimate of drug-likeness (QED) is 0.848. The molecule has 1 fully saturated rings. The van der Waals surface area contributed by atoms with Gasteiger partial charge in [0.25, 0.3) is 0 Å². The number of rotatable bonds is 6. The van der Waals surface area contributed by atoms with Crippen LogP contribution in [0.5, 0.6) is 0 Å². The van der Waals surface area contributed by atoms with E-state index < -0.39 is 0 Å². The molecule has 21 heavy (non-hydrogen) atoms. The Bertz CT molecular complexity index is 461. The van der Waals surface area contributed by atoms with Gasteiger partial charge in [-0.3, -0.25) is 9.69 Å². The van der Waals surface area contributed by atoms with Crippen LogP contribution in [0.3, 0.4) is 0 Å². The molecular formula is C16H26N2O2S. The molecule has 1 amide bonds. The molecule has 4 nitrogen and oxygen atoms in total. The van der Waals surface area contributed by atoms with Crippen LogP contribution in [0.2, 0.25) is 0 Å². The SMILES string of the molecule is CCC(O)C1CCCCN1CC(=O)NCc1sccc1C. The second-order valence-electron chi connectivity index (χ2n) is 5.81. The zero-order valence-corrected chi connectivity index (χ0v) is 13.8. The van der Waals surface area contributed by atoms with Crippen molar-refractivity contribution in [3.63, 3.8) is 0 Å². The summed E-state index contributed by atoms with van der Waals surface area (Å²) in [5.41, 5.74) is 1.23. The molecule has 1 saturated heterocycles. The first-order valence-electron chi connectivity index (χ1n) is 7.83. The Morgan fingerprint density at radius 1 is 1.57 bits per heavy atom. The number of piperidine rings is 1. The molecule has 0 bridgehead atoms. The van der Waals surface area contributed by atoms with Gasteiger partial charge in [0.2, 0.25) is 5.91 Å². The molecule has 5 heteroatoms. The Kier molecular flexibility index (Phi) is 6.21. The largest absolute Gasteiger partial charge is 0.392 e. The maximum atomic E-state index is 12.1. The molecule has 0 aromatic carbocycles. The van der Waals surface area contributed by atoms with Crippen molar-refractivity contribution in [2.75, 3.05) is 13.1 Å². The average Bonchev–Trinajstić information content (AvgIpc) is 2.90. The Morgan fingerprint density at radius 2 is 2.38 bits per heavy atom. The first-order chi connectivity index (χ1) is 10.1. The van der Waals surface area contributed by atoms with Gasteiger partial charge < -0.3 is 10.4 Å². The van der Waals surface area contributed by atoms with Gasteiger partial charge in [-0.15, -0.1) is 11.3 Å². The van der Waals surface area contributed by atoms with E-state index in [1.54, 1.807) is 11.3 Å². The molecule has 1 aromatic heterocycles. The van der Waals surface area contributed by atoms with E-state index in [1.807, 2.05) is 6.92 Å². The van der Waals surface area contributed by atoms with Crippen LogP contribution in [-0.2, 0) is 11.3 Å². The molecule has 118 valence electrons. The molecule has 2 rings (SSSR count). The lowest BCUT2D eigenvalue weighted by atomic mass is 9.96. The highest BCUT2D eigenvalue weighted by atomic mass is 32.1. The number of thiophene rings is 1. The minimum atomic E-state index is -0.322. The molecule has 0 aliphatic carbocycles. The van der Waals surface area contributed by atoms with E-state index in [9.17, 15) is 9.90 Å². The fraction of sp³-hybridized carbons (Fsp3) is 0.688. The Morgan fingerprint density at radius 3 is 3.05 bits per heavy atom. The van der Waals surface area contributed by atoms with Crippen molar-refractivity contribution < 1.29 is 9.90 Å². The van der Waals surface area contributed by atoms with E-state index in [2.05, 4.69) is 28.6 Å². The summed E-state index contributed by atoms with van der Waals surface area (Å²) in [6, 6.07) is 2.21. The van der Waals surface area contributed by atoms with Crippen molar-refractivity contribution in [2.45, 2.75) is 58.2 Å². The Labute approximate surface area is 131 Å². The molecule has 1 aliphatic rings. The number of aliphatic hydroxyl groups excluding tert-OH is 1. The van der Waals surface area contributed by atoms with Crippen LogP contribution in [0.25, 0.3) is 0 Å². The highest BCUT2D eigenvalue weighted by Crippen LogP contribution is 2.21. The smallest absolute Gasteiger partial charge is 0.234 e. The van der Waals surface area contributed by atoms with Gasteiger partial charge in [-0.05, 0) is 49.7 Å². The third kappa shape index (κ3) is 4.53. The number of likely N-dealkylation sites (tertiary alicyclic amines) is 1. The van der Waals surface area contributed by atoms with E-state index in [1.165, 1.54) is 10.4 Å². The van der Waals surface area contributed by atoms with Gasteiger partial charge in [0, 0.05) is 10.9 Å². The summed E-state index contributed by atoms with van der Waals surface area (Å²) < 4.78 is 0. The summed E-state index contributed by atoms with van der Waals surface area (Å²) >= 11 is 1.68. The standard InChI is InChI=1S/C16H26N2O2S/c1-3-14(19)13-6-4-5-8-18(13)11-16(20)17-10-15-12(2)7-9-21-15/h7,9,13-14,19H,3-6,8,10-11H2,1-2H3,(H,17,20). The van der Waals surface area contributed by atoms with Gasteiger partial charge in [-0.25, -0.2) is 0 Å². The average molecular weight is 310 g/mol. The second kappa shape index (κ2) is 7.92.